The minimum Gasteiger partial charge on any atom is -0.493 e. The number of amides is 1. The van der Waals surface area contributed by atoms with Crippen LogP contribution in [0.4, 0.5) is 13.6 Å². The zero-order valence-electron chi connectivity index (χ0n) is 20.5. The third-order valence-corrected chi connectivity index (χ3v) is 6.58. The van der Waals surface area contributed by atoms with Crippen LogP contribution in [0.15, 0.2) is 66.2 Å². The van der Waals surface area contributed by atoms with E-state index in [1.165, 1.54) is 22.2 Å². The number of hydrogen-bond acceptors (Lipinski definition) is 9. The molecule has 0 aromatic heterocycles. The van der Waals surface area contributed by atoms with Crippen LogP contribution in [0.3, 0.4) is 0 Å². The zero-order chi connectivity index (χ0) is 27.0. The summed E-state index contributed by atoms with van der Waals surface area (Å²) in [5.74, 6) is -2.54. The van der Waals surface area contributed by atoms with E-state index in [0.717, 1.165) is 19.2 Å². The van der Waals surface area contributed by atoms with E-state index in [1.54, 1.807) is 7.05 Å². The van der Waals surface area contributed by atoms with Crippen molar-refractivity contribution in [2.45, 2.75) is 24.7 Å². The number of benzene rings is 2. The van der Waals surface area contributed by atoms with Crippen molar-refractivity contribution in [1.29, 1.82) is 0 Å². The lowest BCUT2D eigenvalue weighted by Crippen LogP contribution is -2.64. The molecule has 5 rings (SSSR count). The molecular weight excluding hydrogens is 504 g/mol. The van der Waals surface area contributed by atoms with Crippen LogP contribution in [0.1, 0.15) is 23.6 Å². The van der Waals surface area contributed by atoms with Crippen molar-refractivity contribution in [2.75, 3.05) is 27.6 Å². The van der Waals surface area contributed by atoms with Gasteiger partial charge in [0, 0.05) is 31.3 Å². The predicted octanol–water partition coefficient (Wildman–Crippen LogP) is 3.01. The van der Waals surface area contributed by atoms with Crippen LogP contribution in [0.25, 0.3) is 0 Å². The van der Waals surface area contributed by atoms with Crippen LogP contribution >= 0.6 is 0 Å². The summed E-state index contributed by atoms with van der Waals surface area (Å²) in [5.41, 5.74) is 1.03. The molecule has 0 bridgehead atoms. The summed E-state index contributed by atoms with van der Waals surface area (Å²) in [6.07, 6.45) is 0.346. The highest BCUT2D eigenvalue weighted by atomic mass is 19.2. The number of hydrogen-bond donors (Lipinski definition) is 1. The number of fused-ring (bicyclic) bond motifs is 4. The molecule has 2 aromatic rings. The molecule has 0 aliphatic carbocycles. The Hall–Kier alpha value is -4.16. The number of halogens is 2. The smallest absolute Gasteiger partial charge is 0.493 e. The molecule has 1 fully saturated rings. The van der Waals surface area contributed by atoms with Crippen molar-refractivity contribution in [3.63, 3.8) is 0 Å². The first kappa shape index (κ1) is 25.5. The first-order chi connectivity index (χ1) is 18.3. The lowest BCUT2D eigenvalue weighted by Gasteiger charge is -2.53. The van der Waals surface area contributed by atoms with E-state index in [4.69, 9.17) is 14.2 Å². The minimum atomic E-state index is -1.32. The summed E-state index contributed by atoms with van der Waals surface area (Å²) in [6.45, 7) is -0.498. The first-order valence-electron chi connectivity index (χ1n) is 11.8. The highest BCUT2D eigenvalue weighted by molar-refractivity contribution is 5.94. The van der Waals surface area contributed by atoms with Crippen LogP contribution in [-0.2, 0) is 19.0 Å². The van der Waals surface area contributed by atoms with Gasteiger partial charge in [-0.05, 0) is 17.7 Å². The second-order valence-corrected chi connectivity index (χ2v) is 8.74. The molecule has 3 heterocycles. The number of likely N-dealkylation sites (N-methyl/N-ethyl adjacent to an activating group) is 1. The van der Waals surface area contributed by atoms with Gasteiger partial charge in [0.05, 0.1) is 19.8 Å². The predicted molar refractivity (Wildman–Crippen MR) is 127 cm³/mol. The molecule has 3 aliphatic heterocycles. The van der Waals surface area contributed by atoms with Crippen molar-refractivity contribution in [3.05, 3.63) is 89.0 Å². The number of aliphatic hydroxyl groups is 1. The minimum absolute atomic E-state index is 0.0289. The van der Waals surface area contributed by atoms with Crippen LogP contribution in [-0.4, -0.2) is 71.9 Å². The maximum absolute atomic E-state index is 14.6. The number of ether oxygens (including phenoxy) is 4. The van der Waals surface area contributed by atoms with Gasteiger partial charge in [-0.15, -0.1) is 0 Å². The van der Waals surface area contributed by atoms with Gasteiger partial charge in [-0.25, -0.2) is 13.6 Å². The highest BCUT2D eigenvalue weighted by Crippen LogP contribution is 2.44. The average molecular weight is 529 g/mol. The second-order valence-electron chi connectivity index (χ2n) is 8.74. The SMILES string of the molecule is COC(=O)OCOC1=C2C(=O)N(C)[C@@H]3CCOc4cc(F)c(F)cc4[C@@H](c4ccccc4)N3N2C=CC1O. The van der Waals surface area contributed by atoms with Gasteiger partial charge >= 0.3 is 6.16 Å². The summed E-state index contributed by atoms with van der Waals surface area (Å²) >= 11 is 0. The number of carbonyl (C=O) groups is 2. The Kier molecular flexibility index (Phi) is 6.91. The third-order valence-electron chi connectivity index (χ3n) is 6.58. The first-order valence-corrected chi connectivity index (χ1v) is 11.8. The number of methoxy groups -OCH3 is 1. The van der Waals surface area contributed by atoms with E-state index in [-0.39, 0.29) is 23.8 Å². The molecule has 38 heavy (non-hydrogen) atoms. The fourth-order valence-electron chi connectivity index (χ4n) is 4.84. The maximum Gasteiger partial charge on any atom is 0.510 e. The summed E-state index contributed by atoms with van der Waals surface area (Å²) in [7, 11) is 2.72. The van der Waals surface area contributed by atoms with Gasteiger partial charge < -0.3 is 29.0 Å². The van der Waals surface area contributed by atoms with Gasteiger partial charge in [0.1, 0.15) is 18.0 Å². The van der Waals surface area contributed by atoms with Crippen molar-refractivity contribution in [1.82, 2.24) is 14.9 Å². The zero-order valence-corrected chi connectivity index (χ0v) is 20.5. The van der Waals surface area contributed by atoms with Crippen LogP contribution in [0.5, 0.6) is 5.75 Å². The summed E-state index contributed by atoms with van der Waals surface area (Å²) in [5, 5.41) is 14.0. The Balaban J connectivity index is 1.67. The largest absolute Gasteiger partial charge is 0.510 e. The summed E-state index contributed by atoms with van der Waals surface area (Å²) in [6, 6.07) is 10.5. The summed E-state index contributed by atoms with van der Waals surface area (Å²) < 4.78 is 49.5. The van der Waals surface area contributed by atoms with Crippen molar-refractivity contribution >= 4 is 12.1 Å². The third kappa shape index (κ3) is 4.41. The van der Waals surface area contributed by atoms with Gasteiger partial charge in [0.2, 0.25) is 6.79 Å². The maximum atomic E-state index is 14.6. The quantitative estimate of drug-likeness (QED) is 0.473. The van der Waals surface area contributed by atoms with Gasteiger partial charge in [0.25, 0.3) is 5.91 Å². The van der Waals surface area contributed by atoms with E-state index < -0.39 is 48.8 Å². The Labute approximate surface area is 216 Å². The fraction of sp³-hybridized carbons (Fsp3) is 0.308. The molecule has 10 nitrogen and oxygen atoms in total. The molecule has 200 valence electrons. The van der Waals surface area contributed by atoms with Crippen molar-refractivity contribution < 1.29 is 42.4 Å². The highest BCUT2D eigenvalue weighted by Gasteiger charge is 2.48. The normalized spacial score (nSPS) is 23.0. The number of carbonyl (C=O) groups excluding carboxylic acids is 2. The lowest BCUT2D eigenvalue weighted by molar-refractivity contribution is -0.167. The monoisotopic (exact) mass is 529 g/mol. The molecule has 1 amide bonds. The molecule has 1 N–H and O–H groups in total. The average Bonchev–Trinajstić information content (AvgIpc) is 2.91. The molecule has 1 saturated heterocycles. The van der Waals surface area contributed by atoms with E-state index >= 15 is 0 Å². The Morgan fingerprint density at radius 3 is 2.66 bits per heavy atom. The molecule has 3 atom stereocenters. The number of rotatable bonds is 4. The van der Waals surface area contributed by atoms with Gasteiger partial charge in [0.15, 0.2) is 23.1 Å². The molecule has 12 heteroatoms. The molecule has 0 saturated carbocycles. The lowest BCUT2D eigenvalue weighted by atomic mass is 9.94. The van der Waals surface area contributed by atoms with E-state index in [2.05, 4.69) is 4.74 Å². The topological polar surface area (TPSA) is 101 Å². The molecule has 0 radical (unpaired) electrons. The standard InChI is InChI=1S/C26H25F2N3O7/c1-29-21-9-11-36-20-13-18(28)17(27)12-16(20)22(15-6-4-3-5-7-15)31(21)30-10-8-19(32)24(23(30)25(29)33)37-14-38-26(34)35-2/h3-8,10,12-13,19,21-22,32H,9,11,14H2,1-2H3/t19?,21-,22+/m0/s1. The van der Waals surface area contributed by atoms with E-state index in [1.807, 2.05) is 35.3 Å². The van der Waals surface area contributed by atoms with E-state index in [9.17, 15) is 23.5 Å². The van der Waals surface area contributed by atoms with E-state index in [0.29, 0.717) is 17.5 Å². The van der Waals surface area contributed by atoms with Crippen LogP contribution in [0.2, 0.25) is 0 Å². The summed E-state index contributed by atoms with van der Waals surface area (Å²) in [4.78, 5) is 26.4. The molecule has 0 spiro atoms. The number of aliphatic hydroxyl groups excluding tert-OH is 1. The number of hydrazine groups is 1. The van der Waals surface area contributed by atoms with Gasteiger partial charge in [-0.1, -0.05) is 30.3 Å². The Morgan fingerprint density at radius 2 is 1.92 bits per heavy atom. The van der Waals surface area contributed by atoms with Crippen molar-refractivity contribution in [3.8, 4) is 5.75 Å². The van der Waals surface area contributed by atoms with Crippen molar-refractivity contribution in [2.24, 2.45) is 0 Å². The van der Waals surface area contributed by atoms with Crippen LogP contribution in [0, 0.1) is 11.6 Å². The fourth-order valence-corrected chi connectivity index (χ4v) is 4.84. The molecule has 2 aromatic carbocycles. The van der Waals surface area contributed by atoms with Gasteiger partial charge in [-0.3, -0.25) is 9.80 Å². The Bertz CT molecular complexity index is 1300. The number of nitrogens with zero attached hydrogens (tertiary/aromatic N) is 3. The molecular formula is C26H25F2N3O7. The van der Waals surface area contributed by atoms with Crippen LogP contribution < -0.4 is 4.74 Å². The van der Waals surface area contributed by atoms with Gasteiger partial charge in [-0.2, -0.15) is 5.01 Å². The molecule has 1 unspecified atom stereocenters. The Morgan fingerprint density at radius 1 is 1.18 bits per heavy atom. The second kappa shape index (κ2) is 10.3. The molecule has 3 aliphatic rings.